The topological polar surface area (TPSA) is 64.2 Å². The molecule has 1 atom stereocenters. The second-order valence-corrected chi connectivity index (χ2v) is 7.88. The number of para-hydroxylation sites is 1. The molecule has 0 spiro atoms. The number of hydrogen-bond acceptors (Lipinski definition) is 5. The van der Waals surface area contributed by atoms with E-state index in [2.05, 4.69) is 10.1 Å². The number of fused-ring (bicyclic) bond motifs is 1. The van der Waals surface area contributed by atoms with Gasteiger partial charge in [0, 0.05) is 18.7 Å². The lowest BCUT2D eigenvalue weighted by Crippen LogP contribution is -2.32. The van der Waals surface area contributed by atoms with E-state index < -0.39 is 0 Å². The molecule has 0 radical (unpaired) electrons. The zero-order valence-corrected chi connectivity index (χ0v) is 15.6. The van der Waals surface area contributed by atoms with Crippen LogP contribution in [0.3, 0.4) is 0 Å². The summed E-state index contributed by atoms with van der Waals surface area (Å²) < 4.78 is 7.19. The van der Waals surface area contributed by atoms with E-state index >= 15 is 0 Å². The van der Waals surface area contributed by atoms with E-state index in [1.165, 1.54) is 12.8 Å². The molecule has 0 bridgehead atoms. The molecule has 1 saturated heterocycles. The molecule has 140 valence electrons. The van der Waals surface area contributed by atoms with Crippen LogP contribution in [0, 0.1) is 12.8 Å². The zero-order chi connectivity index (χ0) is 18.4. The number of benzene rings is 1. The summed E-state index contributed by atoms with van der Waals surface area (Å²) >= 11 is 0. The molecule has 3 aromatic rings. The Balaban J connectivity index is 1.57. The highest BCUT2D eigenvalue weighted by Gasteiger charge is 2.32. The molecule has 2 fully saturated rings. The van der Waals surface area contributed by atoms with Crippen LogP contribution in [-0.4, -0.2) is 26.2 Å². The molecule has 1 saturated carbocycles. The highest BCUT2D eigenvalue weighted by atomic mass is 16.5. The van der Waals surface area contributed by atoms with E-state index in [4.69, 9.17) is 9.51 Å². The van der Waals surface area contributed by atoms with Crippen LogP contribution in [0.2, 0.25) is 0 Å². The Bertz CT molecular complexity index is 1030. The monoisotopic (exact) mass is 364 g/mol. The van der Waals surface area contributed by atoms with Crippen LogP contribution in [0.15, 0.2) is 39.8 Å². The Labute approximate surface area is 157 Å². The zero-order valence-electron chi connectivity index (χ0n) is 15.6. The summed E-state index contributed by atoms with van der Waals surface area (Å²) in [6.07, 6.45) is 6.37. The van der Waals surface area contributed by atoms with Crippen molar-refractivity contribution < 1.29 is 4.52 Å². The summed E-state index contributed by atoms with van der Waals surface area (Å²) in [7, 11) is 0. The molecule has 5 rings (SSSR count). The Morgan fingerprint density at radius 1 is 1.22 bits per heavy atom. The molecule has 1 aromatic carbocycles. The minimum absolute atomic E-state index is 0.107. The van der Waals surface area contributed by atoms with Crippen LogP contribution in [0.5, 0.6) is 0 Å². The maximum Gasteiger partial charge on any atom is 0.261 e. The summed E-state index contributed by atoms with van der Waals surface area (Å²) in [5, 5.41) is 4.63. The minimum atomic E-state index is 0.107. The number of rotatable bonds is 5. The molecule has 0 amide bonds. The third-order valence-electron chi connectivity index (χ3n) is 5.91. The van der Waals surface area contributed by atoms with Gasteiger partial charge in [0.25, 0.3) is 5.56 Å². The summed E-state index contributed by atoms with van der Waals surface area (Å²) in [4.78, 5) is 20.6. The fraction of sp³-hybridized carbons (Fsp3) is 0.476. The Hall–Kier alpha value is -2.47. The van der Waals surface area contributed by atoms with Crippen LogP contribution < -0.4 is 5.56 Å². The van der Waals surface area contributed by atoms with Crippen LogP contribution in [0.1, 0.15) is 48.9 Å². The lowest BCUT2D eigenvalue weighted by molar-refractivity contribution is 0.231. The van der Waals surface area contributed by atoms with Gasteiger partial charge < -0.3 is 4.52 Å². The maximum absolute atomic E-state index is 13.2. The normalized spacial score (nSPS) is 20.6. The lowest BCUT2D eigenvalue weighted by atomic mass is 10.1. The number of aryl methyl sites for hydroxylation is 1. The Morgan fingerprint density at radius 2 is 2.07 bits per heavy atom. The molecule has 27 heavy (non-hydrogen) atoms. The average Bonchev–Trinajstić information content (AvgIpc) is 3.23. The largest absolute Gasteiger partial charge is 0.361 e. The first-order valence-electron chi connectivity index (χ1n) is 9.84. The van der Waals surface area contributed by atoms with Gasteiger partial charge in [-0.3, -0.25) is 14.3 Å². The van der Waals surface area contributed by atoms with Crippen molar-refractivity contribution in [2.75, 3.05) is 6.54 Å². The molecular weight excluding hydrogens is 340 g/mol. The quantitative estimate of drug-likeness (QED) is 0.694. The summed E-state index contributed by atoms with van der Waals surface area (Å²) in [5.74, 6) is 2.42. The van der Waals surface area contributed by atoms with Crippen molar-refractivity contribution in [2.24, 2.45) is 5.92 Å². The van der Waals surface area contributed by atoms with Crippen molar-refractivity contribution in [3.8, 4) is 0 Å². The molecule has 1 aliphatic carbocycles. The minimum Gasteiger partial charge on any atom is -0.361 e. The predicted octanol–water partition coefficient (Wildman–Crippen LogP) is 3.44. The third kappa shape index (κ3) is 3.08. The first kappa shape index (κ1) is 16.7. The van der Waals surface area contributed by atoms with E-state index in [0.717, 1.165) is 60.5 Å². The highest BCUT2D eigenvalue weighted by molar-refractivity contribution is 5.77. The van der Waals surface area contributed by atoms with Crippen molar-refractivity contribution >= 4 is 10.9 Å². The van der Waals surface area contributed by atoms with Crippen LogP contribution >= 0.6 is 0 Å². The molecular formula is C21H24N4O2. The van der Waals surface area contributed by atoms with Crippen molar-refractivity contribution in [1.82, 2.24) is 19.6 Å². The van der Waals surface area contributed by atoms with Gasteiger partial charge in [-0.1, -0.05) is 17.3 Å². The van der Waals surface area contributed by atoms with Gasteiger partial charge in [-0.2, -0.15) is 0 Å². The second kappa shape index (κ2) is 6.60. The Morgan fingerprint density at radius 3 is 2.85 bits per heavy atom. The van der Waals surface area contributed by atoms with Gasteiger partial charge in [0.2, 0.25) is 0 Å². The number of nitrogens with zero attached hydrogens (tertiary/aromatic N) is 4. The van der Waals surface area contributed by atoms with E-state index in [9.17, 15) is 4.79 Å². The standard InChI is InChI=1S/C21H24N4O2/c1-14-16(11-22-27-14)13-24-10-4-7-19(24)20-23-18-6-3-2-5-17(18)21(26)25(20)12-15-8-9-15/h2-3,5-6,11,15,19H,4,7-10,12-13H2,1H3. The van der Waals surface area contributed by atoms with Crippen molar-refractivity contribution in [3.05, 3.63) is 58.0 Å². The molecule has 6 heteroatoms. The average molecular weight is 364 g/mol. The van der Waals surface area contributed by atoms with Crippen molar-refractivity contribution in [2.45, 2.75) is 51.7 Å². The number of likely N-dealkylation sites (tertiary alicyclic amines) is 1. The van der Waals surface area contributed by atoms with Crippen LogP contribution in [0.4, 0.5) is 0 Å². The molecule has 1 aliphatic heterocycles. The molecule has 1 unspecified atom stereocenters. The highest BCUT2D eigenvalue weighted by Crippen LogP contribution is 2.35. The number of aromatic nitrogens is 3. The van der Waals surface area contributed by atoms with Gasteiger partial charge in [0.15, 0.2) is 0 Å². The first-order valence-corrected chi connectivity index (χ1v) is 9.84. The summed E-state index contributed by atoms with van der Waals surface area (Å²) in [5.41, 5.74) is 2.02. The molecule has 2 aliphatic rings. The second-order valence-electron chi connectivity index (χ2n) is 7.88. The van der Waals surface area contributed by atoms with E-state index in [1.807, 2.05) is 35.8 Å². The van der Waals surface area contributed by atoms with Gasteiger partial charge >= 0.3 is 0 Å². The smallest absolute Gasteiger partial charge is 0.261 e. The van der Waals surface area contributed by atoms with Gasteiger partial charge in [0.05, 0.1) is 23.1 Å². The van der Waals surface area contributed by atoms with E-state index in [-0.39, 0.29) is 11.6 Å². The molecule has 2 aromatic heterocycles. The van der Waals surface area contributed by atoms with E-state index in [0.29, 0.717) is 5.92 Å². The van der Waals surface area contributed by atoms with Gasteiger partial charge in [0.1, 0.15) is 11.6 Å². The molecule has 6 nitrogen and oxygen atoms in total. The Kier molecular flexibility index (Phi) is 4.08. The third-order valence-corrected chi connectivity index (χ3v) is 5.91. The molecule has 3 heterocycles. The SMILES string of the molecule is Cc1oncc1CN1CCCC1c1nc2ccccc2c(=O)n1CC1CC1. The van der Waals surface area contributed by atoms with Crippen LogP contribution in [0.25, 0.3) is 10.9 Å². The lowest BCUT2D eigenvalue weighted by Gasteiger charge is -2.26. The maximum atomic E-state index is 13.2. The summed E-state index contributed by atoms with van der Waals surface area (Å²) in [6.45, 7) is 4.53. The first-order chi connectivity index (χ1) is 13.2. The van der Waals surface area contributed by atoms with Crippen molar-refractivity contribution in [3.63, 3.8) is 0 Å². The van der Waals surface area contributed by atoms with Gasteiger partial charge in [-0.15, -0.1) is 0 Å². The molecule has 0 N–H and O–H groups in total. The predicted molar refractivity (Wildman–Crippen MR) is 102 cm³/mol. The van der Waals surface area contributed by atoms with Crippen LogP contribution in [-0.2, 0) is 13.1 Å². The van der Waals surface area contributed by atoms with E-state index in [1.54, 1.807) is 6.20 Å². The van der Waals surface area contributed by atoms with Crippen molar-refractivity contribution in [1.29, 1.82) is 0 Å². The van der Waals surface area contributed by atoms with Gasteiger partial charge in [-0.25, -0.2) is 4.98 Å². The van der Waals surface area contributed by atoms with Gasteiger partial charge in [-0.05, 0) is 57.2 Å². The summed E-state index contributed by atoms with van der Waals surface area (Å²) in [6, 6.07) is 7.88. The number of hydrogen-bond donors (Lipinski definition) is 0. The fourth-order valence-corrected chi connectivity index (χ4v) is 4.17. The fourth-order valence-electron chi connectivity index (χ4n) is 4.17.